The zero-order valence-corrected chi connectivity index (χ0v) is 15.7. The van der Waals surface area contributed by atoms with Gasteiger partial charge in [0.2, 0.25) is 11.8 Å². The summed E-state index contributed by atoms with van der Waals surface area (Å²) in [6.45, 7) is 1.19. The molecule has 2 unspecified atom stereocenters. The van der Waals surface area contributed by atoms with Gasteiger partial charge < -0.3 is 14.7 Å². The molecule has 3 aliphatic heterocycles. The lowest BCUT2D eigenvalue weighted by molar-refractivity contribution is -0.139. The van der Waals surface area contributed by atoms with Gasteiger partial charge in [-0.05, 0) is 11.5 Å². The van der Waals surface area contributed by atoms with Crippen LogP contribution in [0.4, 0.5) is 10.5 Å². The molecule has 29 heavy (non-hydrogen) atoms. The van der Waals surface area contributed by atoms with Crippen LogP contribution < -0.4 is 10.2 Å². The molecule has 2 aromatic carbocycles. The summed E-state index contributed by atoms with van der Waals surface area (Å²) in [7, 11) is 0. The molecule has 0 saturated carbocycles. The second kappa shape index (κ2) is 6.58. The molecule has 0 aliphatic carbocycles. The fourth-order valence-corrected chi connectivity index (χ4v) is 4.52. The number of nitrogens with one attached hydrogen (secondary N) is 1. The molecule has 0 bridgehead atoms. The number of nitrogens with zero attached hydrogens (tertiary/aromatic N) is 3. The van der Waals surface area contributed by atoms with Crippen molar-refractivity contribution in [1.29, 1.82) is 0 Å². The Bertz CT molecular complexity index is 1050. The van der Waals surface area contributed by atoms with Crippen LogP contribution in [0.2, 0.25) is 0 Å². The van der Waals surface area contributed by atoms with Crippen molar-refractivity contribution in [3.63, 3.8) is 0 Å². The first kappa shape index (κ1) is 17.7. The van der Waals surface area contributed by atoms with E-state index in [0.717, 1.165) is 16.5 Å². The minimum Gasteiger partial charge on any atom is -0.338 e. The third kappa shape index (κ3) is 2.83. The highest BCUT2D eigenvalue weighted by Gasteiger charge is 2.45. The molecule has 0 aromatic heterocycles. The Balaban J connectivity index is 1.34. The highest BCUT2D eigenvalue weighted by Crippen LogP contribution is 2.32. The maximum atomic E-state index is 13.1. The number of hydrogen-bond donors (Lipinski definition) is 1. The lowest BCUT2D eigenvalue weighted by Crippen LogP contribution is -2.55. The molecule has 8 heteroatoms. The molecule has 3 heterocycles. The molecule has 8 nitrogen and oxygen atoms in total. The van der Waals surface area contributed by atoms with Crippen LogP contribution >= 0.6 is 0 Å². The number of urea groups is 1. The number of imide groups is 1. The summed E-state index contributed by atoms with van der Waals surface area (Å²) in [5, 5.41) is 4.31. The number of hydrogen-bond acceptors (Lipinski definition) is 4. The molecule has 5 rings (SSSR count). The molecule has 5 amide bonds. The van der Waals surface area contributed by atoms with Crippen molar-refractivity contribution in [1.82, 2.24) is 15.1 Å². The summed E-state index contributed by atoms with van der Waals surface area (Å²) < 4.78 is 0. The Labute approximate surface area is 167 Å². The zero-order valence-electron chi connectivity index (χ0n) is 15.7. The van der Waals surface area contributed by atoms with E-state index in [-0.39, 0.29) is 30.7 Å². The highest BCUT2D eigenvalue weighted by molar-refractivity contribution is 6.07. The van der Waals surface area contributed by atoms with E-state index >= 15 is 0 Å². The van der Waals surface area contributed by atoms with E-state index in [2.05, 4.69) is 5.32 Å². The minimum atomic E-state index is -0.633. The molecular weight excluding hydrogens is 372 g/mol. The number of carbonyl (C=O) groups excluding carboxylic acids is 4. The quantitative estimate of drug-likeness (QED) is 0.771. The third-order valence-electron chi connectivity index (χ3n) is 6.02. The Kier molecular flexibility index (Phi) is 4.01. The maximum Gasteiger partial charge on any atom is 0.324 e. The van der Waals surface area contributed by atoms with Crippen LogP contribution in [0, 0.1) is 5.92 Å². The number of anilines is 1. The van der Waals surface area contributed by atoms with Gasteiger partial charge in [-0.1, -0.05) is 36.4 Å². The van der Waals surface area contributed by atoms with E-state index < -0.39 is 18.0 Å². The van der Waals surface area contributed by atoms with E-state index in [4.69, 9.17) is 0 Å². The van der Waals surface area contributed by atoms with Crippen molar-refractivity contribution in [3.05, 3.63) is 42.5 Å². The lowest BCUT2D eigenvalue weighted by atomic mass is 10.1. The van der Waals surface area contributed by atoms with Crippen LogP contribution in [0.5, 0.6) is 0 Å². The van der Waals surface area contributed by atoms with Crippen molar-refractivity contribution in [2.45, 2.75) is 12.5 Å². The van der Waals surface area contributed by atoms with Gasteiger partial charge in [-0.2, -0.15) is 0 Å². The van der Waals surface area contributed by atoms with Gasteiger partial charge in [0.25, 0.3) is 5.91 Å². The van der Waals surface area contributed by atoms with E-state index in [1.165, 1.54) is 4.90 Å². The fraction of sp³-hybridized carbons (Fsp3) is 0.333. The second-order valence-corrected chi connectivity index (χ2v) is 7.69. The van der Waals surface area contributed by atoms with Crippen molar-refractivity contribution < 1.29 is 19.2 Å². The Morgan fingerprint density at radius 2 is 1.76 bits per heavy atom. The Morgan fingerprint density at radius 3 is 2.62 bits per heavy atom. The van der Waals surface area contributed by atoms with E-state index in [0.29, 0.717) is 19.6 Å². The van der Waals surface area contributed by atoms with Gasteiger partial charge in [-0.15, -0.1) is 0 Å². The highest BCUT2D eigenvalue weighted by atomic mass is 16.2. The van der Waals surface area contributed by atoms with Crippen LogP contribution in [0.15, 0.2) is 42.5 Å². The standard InChI is InChI=1S/C21H20N4O4/c26-18-10-14(11-25(18)16-7-3-5-13-4-1-2-6-15(13)16)20(28)23-8-9-24-17(12-23)19(27)22-21(24)29/h1-7,14,17H,8-12H2,(H,22,27,29). The molecular formula is C21H20N4O4. The molecule has 2 aromatic rings. The predicted octanol–water partition coefficient (Wildman–Crippen LogP) is 0.955. The normalized spacial score (nSPS) is 24.3. The Morgan fingerprint density at radius 1 is 0.966 bits per heavy atom. The average Bonchev–Trinajstić information content (AvgIpc) is 3.26. The molecule has 1 N–H and O–H groups in total. The first-order valence-corrected chi connectivity index (χ1v) is 9.71. The maximum absolute atomic E-state index is 13.1. The molecule has 3 fully saturated rings. The van der Waals surface area contributed by atoms with Crippen molar-refractivity contribution in [3.8, 4) is 0 Å². The monoisotopic (exact) mass is 392 g/mol. The number of carbonyl (C=O) groups is 4. The summed E-state index contributed by atoms with van der Waals surface area (Å²) in [5.74, 6) is -1.03. The van der Waals surface area contributed by atoms with Gasteiger partial charge in [0, 0.05) is 31.4 Å². The molecule has 0 radical (unpaired) electrons. The van der Waals surface area contributed by atoms with Gasteiger partial charge in [0.15, 0.2) is 0 Å². The van der Waals surface area contributed by atoms with Gasteiger partial charge in [-0.25, -0.2) is 4.79 Å². The van der Waals surface area contributed by atoms with E-state index in [1.807, 2.05) is 42.5 Å². The van der Waals surface area contributed by atoms with Gasteiger partial charge in [-0.3, -0.25) is 19.7 Å². The predicted molar refractivity (Wildman–Crippen MR) is 105 cm³/mol. The Hall–Kier alpha value is -3.42. The topological polar surface area (TPSA) is 90.0 Å². The van der Waals surface area contributed by atoms with Crippen molar-refractivity contribution in [2.24, 2.45) is 5.92 Å². The largest absolute Gasteiger partial charge is 0.338 e. The van der Waals surface area contributed by atoms with E-state index in [1.54, 1.807) is 9.80 Å². The minimum absolute atomic E-state index is 0.0767. The summed E-state index contributed by atoms with van der Waals surface area (Å²) in [6.07, 6.45) is 0.151. The summed E-state index contributed by atoms with van der Waals surface area (Å²) in [6, 6.07) is 12.6. The van der Waals surface area contributed by atoms with Crippen LogP contribution in [0.3, 0.4) is 0 Å². The van der Waals surface area contributed by atoms with Gasteiger partial charge >= 0.3 is 6.03 Å². The summed E-state index contributed by atoms with van der Waals surface area (Å²) in [5.41, 5.74) is 0.814. The fourth-order valence-electron chi connectivity index (χ4n) is 4.52. The van der Waals surface area contributed by atoms with Crippen molar-refractivity contribution >= 4 is 40.2 Å². The van der Waals surface area contributed by atoms with Gasteiger partial charge in [0.05, 0.1) is 18.2 Å². The smallest absolute Gasteiger partial charge is 0.324 e. The molecule has 3 aliphatic rings. The number of fused-ring (bicyclic) bond motifs is 2. The summed E-state index contributed by atoms with van der Waals surface area (Å²) in [4.78, 5) is 54.3. The molecule has 2 atom stereocenters. The van der Waals surface area contributed by atoms with Gasteiger partial charge in [0.1, 0.15) is 6.04 Å². The molecule has 0 spiro atoms. The molecule has 148 valence electrons. The number of benzene rings is 2. The summed E-state index contributed by atoms with van der Waals surface area (Å²) >= 11 is 0. The number of amides is 5. The number of rotatable bonds is 2. The zero-order chi connectivity index (χ0) is 20.1. The SMILES string of the molecule is O=C1NC(=O)N2CCN(C(=O)C3CC(=O)N(c4cccc5ccccc45)C3)CC12. The van der Waals surface area contributed by atoms with Crippen LogP contribution in [-0.4, -0.2) is 65.8 Å². The average molecular weight is 392 g/mol. The van der Waals surface area contributed by atoms with Crippen LogP contribution in [0.25, 0.3) is 10.8 Å². The molecule has 3 saturated heterocycles. The third-order valence-corrected chi connectivity index (χ3v) is 6.02. The second-order valence-electron chi connectivity index (χ2n) is 7.69. The first-order valence-electron chi connectivity index (χ1n) is 9.71. The van der Waals surface area contributed by atoms with Crippen LogP contribution in [0.1, 0.15) is 6.42 Å². The van der Waals surface area contributed by atoms with E-state index in [9.17, 15) is 19.2 Å². The van der Waals surface area contributed by atoms with Crippen molar-refractivity contribution in [2.75, 3.05) is 31.1 Å². The lowest BCUT2D eigenvalue weighted by Gasteiger charge is -2.36. The first-order chi connectivity index (χ1) is 14.0. The van der Waals surface area contributed by atoms with Crippen LogP contribution in [-0.2, 0) is 14.4 Å². The number of piperazine rings is 1.